The fourth-order valence-electron chi connectivity index (χ4n) is 27.9. The van der Waals surface area contributed by atoms with Crippen molar-refractivity contribution in [2.45, 2.75) is 398 Å². The first-order valence-corrected chi connectivity index (χ1v) is 48.2. The summed E-state index contributed by atoms with van der Waals surface area (Å²) in [6.45, 7) is 93.4. The van der Waals surface area contributed by atoms with Gasteiger partial charge in [-0.15, -0.1) is 0 Å². The summed E-state index contributed by atoms with van der Waals surface area (Å²) in [4.78, 5) is 0. The van der Waals surface area contributed by atoms with E-state index in [4.69, 9.17) is 0 Å². The summed E-state index contributed by atoms with van der Waals surface area (Å²) in [5, 5.41) is 0. The molecule has 23 atom stereocenters. The molecule has 1 spiro atoms. The molecule has 4 bridgehead atoms. The topological polar surface area (TPSA) is 0 Å². The van der Waals surface area contributed by atoms with Crippen molar-refractivity contribution in [2.24, 2.45) is 265 Å². The van der Waals surface area contributed by atoms with Crippen LogP contribution in [-0.4, -0.2) is 0 Å². The van der Waals surface area contributed by atoms with Crippen LogP contribution in [0.1, 0.15) is 398 Å². The zero-order valence-electron chi connectivity index (χ0n) is 79.0. The van der Waals surface area contributed by atoms with Gasteiger partial charge in [-0.05, 0) is 381 Å². The Morgan fingerprint density at radius 2 is 0.558 bits per heavy atom. The second-order valence-electron chi connectivity index (χ2n) is 47.6. The smallest absolute Gasteiger partial charge is 0.0269 e. The van der Waals surface area contributed by atoms with Crippen LogP contribution in [0, 0.1) is 265 Å². The monoisotopic (exact) mass is 1450 g/mol. The van der Waals surface area contributed by atoms with E-state index in [9.17, 15) is 0 Å². The Hall–Kier alpha value is 0. The van der Waals surface area contributed by atoms with Gasteiger partial charge < -0.3 is 0 Å². The maximum Gasteiger partial charge on any atom is -0.0269 e. The fourth-order valence-corrected chi connectivity index (χ4v) is 27.9. The molecule has 14 rings (SSSR count). The molecule has 0 nitrogen and oxygen atoms in total. The third-order valence-electron chi connectivity index (χ3n) is 34.4. The van der Waals surface area contributed by atoms with Gasteiger partial charge in [-0.3, -0.25) is 0 Å². The lowest BCUT2D eigenvalue weighted by Crippen LogP contribution is -2.30. The lowest BCUT2D eigenvalue weighted by atomic mass is 9.69. The van der Waals surface area contributed by atoms with Crippen LogP contribution in [-0.2, 0) is 0 Å². The third-order valence-corrected chi connectivity index (χ3v) is 34.4. The Kier molecular flexibility index (Phi) is 37.6. The van der Waals surface area contributed by atoms with E-state index in [1.54, 1.807) is 57.8 Å². The highest BCUT2D eigenvalue weighted by Gasteiger charge is 2.57. The van der Waals surface area contributed by atoms with E-state index >= 15 is 0 Å². The maximum atomic E-state index is 2.44. The van der Waals surface area contributed by atoms with Gasteiger partial charge in [0.05, 0.1) is 0 Å². The molecule has 0 radical (unpaired) electrons. The van der Waals surface area contributed by atoms with Crippen molar-refractivity contribution >= 4 is 0 Å². The van der Waals surface area contributed by atoms with Gasteiger partial charge in [-0.2, -0.15) is 0 Å². The maximum absolute atomic E-state index is 2.44. The van der Waals surface area contributed by atoms with Crippen LogP contribution < -0.4 is 0 Å². The molecule has 0 aromatic rings. The van der Waals surface area contributed by atoms with Crippen LogP contribution >= 0.6 is 0 Å². The molecule has 0 aliphatic heterocycles. The minimum absolute atomic E-state index is 0.689. The normalized spacial score (nSPS) is 39.1. The highest BCUT2D eigenvalue weighted by molar-refractivity contribution is 5.06. The standard InChI is InChI=1S/2C13H24.2C12H22.2C12H24.C11H22.C10H20.C9H18/c1-9(2)11-7-13(5-6-13)8-12(11)10(3)4;1-8(2)12-10-5-6-11(7-10)13(12)9(3)4;1-7(2)10-5-9-6-11(9)12(10)8(3)4;1-7(2)11-9-5-10(6-9)12(11)8(3)4;1-8(2)11-6-10(5)7-12(11)9(3)4;1-8(2)11-7-6-10(5)12(11)9(3)4;1-8(2)10-6-5-7-11(10)9(3)4;1-7(2)9-6-10(9,5)8(3)4;1-6(2)8-5-9(8)7(3)4/h9-12H,5-8H2,1-4H3;8-13H,5-7H2,1-4H3;2*7-12H,5-6H2,1-4H3;2*8-12H,6-7H2,1-5H3;8-11H,5-7H2,1-4H3;7-9H,6H2,1-5H3;6-9H,5H2,1-4H3. The summed E-state index contributed by atoms with van der Waals surface area (Å²) < 4.78 is 0. The first kappa shape index (κ1) is 94.6. The SMILES string of the molecule is CC(C)C1C2CC(C2)C1C(C)C.CC(C)C1C2CCC(C2)C1C(C)C.CC(C)C1CC1(C)C(C)C.CC(C)C1CC1C(C)C.CC(C)C1CC2(CC2)CC1C(C)C.CC(C)C1CC2CC2C1C(C)C.CC(C)C1CCC(C)C1C(C)C.CC(C)C1CCCC1C(C)C.CC1CC(C(C)C)C(C(C)C)C1. The van der Waals surface area contributed by atoms with Crippen molar-refractivity contribution in [2.75, 3.05) is 0 Å². The lowest BCUT2D eigenvalue weighted by Gasteiger charge is -2.36. The molecule has 14 fully saturated rings. The summed E-state index contributed by atoms with van der Waals surface area (Å²) in [5.74, 6) is 42.6. The summed E-state index contributed by atoms with van der Waals surface area (Å²) in [5.41, 5.74) is 1.54. The van der Waals surface area contributed by atoms with Gasteiger partial charge in [0.2, 0.25) is 0 Å². The second-order valence-corrected chi connectivity index (χ2v) is 47.6. The first-order valence-electron chi connectivity index (χ1n) is 48.2. The molecule has 0 N–H and O–H groups in total. The lowest BCUT2D eigenvalue weighted by molar-refractivity contribution is 0.124. The molecule has 0 aromatic carbocycles. The Bertz CT molecular complexity index is 2160. The van der Waals surface area contributed by atoms with Gasteiger partial charge in [-0.25, -0.2) is 0 Å². The molecule has 104 heavy (non-hydrogen) atoms. The van der Waals surface area contributed by atoms with E-state index in [0.29, 0.717) is 5.41 Å². The summed E-state index contributed by atoms with van der Waals surface area (Å²) in [6, 6.07) is 0. The molecule has 0 aromatic heterocycles. The number of hydrogen-bond acceptors (Lipinski definition) is 0. The zero-order chi connectivity index (χ0) is 79.0. The summed E-state index contributed by atoms with van der Waals surface area (Å²) >= 11 is 0. The van der Waals surface area contributed by atoms with E-state index in [-0.39, 0.29) is 0 Å². The van der Waals surface area contributed by atoms with E-state index in [1.165, 1.54) is 70.6 Å². The molecule has 616 valence electrons. The second kappa shape index (κ2) is 41.3. The average molecular weight is 1450 g/mol. The van der Waals surface area contributed by atoms with Gasteiger partial charge >= 0.3 is 0 Å². The van der Waals surface area contributed by atoms with Crippen molar-refractivity contribution in [3.8, 4) is 0 Å². The molecular weight excluding hydrogens is 1250 g/mol. The Balaban J connectivity index is 0.000000211. The van der Waals surface area contributed by atoms with Crippen LogP contribution in [0.2, 0.25) is 0 Å². The van der Waals surface area contributed by atoms with Crippen LogP contribution in [0.5, 0.6) is 0 Å². The highest BCUT2D eigenvalue weighted by atomic mass is 14.6. The van der Waals surface area contributed by atoms with Crippen molar-refractivity contribution in [1.29, 1.82) is 0 Å². The van der Waals surface area contributed by atoms with Crippen LogP contribution in [0.15, 0.2) is 0 Å². The van der Waals surface area contributed by atoms with Crippen molar-refractivity contribution in [1.82, 2.24) is 0 Å². The molecular formula is C104H200. The third kappa shape index (κ3) is 25.5. The summed E-state index contributed by atoms with van der Waals surface area (Å²) in [6.07, 6.45) is 30.3. The minimum atomic E-state index is 0.689. The molecule has 0 heteroatoms. The number of hydrogen-bond donors (Lipinski definition) is 0. The largest absolute Gasteiger partial charge is 0.0625 e. The number of rotatable bonds is 18. The van der Waals surface area contributed by atoms with Gasteiger partial charge in [0, 0.05) is 0 Å². The van der Waals surface area contributed by atoms with Crippen LogP contribution in [0.25, 0.3) is 0 Å². The van der Waals surface area contributed by atoms with Crippen molar-refractivity contribution < 1.29 is 0 Å². The van der Waals surface area contributed by atoms with Gasteiger partial charge in [-0.1, -0.05) is 283 Å². The van der Waals surface area contributed by atoms with Crippen LogP contribution in [0.4, 0.5) is 0 Å². The zero-order valence-corrected chi connectivity index (χ0v) is 79.0. The molecule has 14 aliphatic rings. The van der Waals surface area contributed by atoms with Crippen molar-refractivity contribution in [3.63, 3.8) is 0 Å². The predicted molar refractivity (Wildman–Crippen MR) is 469 cm³/mol. The Morgan fingerprint density at radius 1 is 0.231 bits per heavy atom. The quantitative estimate of drug-likeness (QED) is 0.128. The molecule has 23 unspecified atom stereocenters. The molecule has 0 heterocycles. The minimum Gasteiger partial charge on any atom is -0.0625 e. The van der Waals surface area contributed by atoms with E-state index in [0.717, 1.165) is 260 Å². The number of fused-ring (bicyclic) bond motifs is 4. The van der Waals surface area contributed by atoms with E-state index in [2.05, 4.69) is 270 Å². The molecule has 14 saturated carbocycles. The first-order chi connectivity index (χ1) is 48.2. The van der Waals surface area contributed by atoms with Gasteiger partial charge in [0.1, 0.15) is 0 Å². The Morgan fingerprint density at radius 3 is 0.817 bits per heavy atom. The Labute approximate surface area is 659 Å². The van der Waals surface area contributed by atoms with Crippen LogP contribution in [0.3, 0.4) is 0 Å². The fraction of sp³-hybridized carbons (Fsp3) is 1.00. The molecule has 14 aliphatic carbocycles. The van der Waals surface area contributed by atoms with Crippen molar-refractivity contribution in [3.05, 3.63) is 0 Å². The molecule has 0 amide bonds. The summed E-state index contributed by atoms with van der Waals surface area (Å²) in [7, 11) is 0. The van der Waals surface area contributed by atoms with E-state index in [1.807, 2.05) is 0 Å². The van der Waals surface area contributed by atoms with Gasteiger partial charge in [0.25, 0.3) is 0 Å². The van der Waals surface area contributed by atoms with E-state index < -0.39 is 0 Å². The molecule has 0 saturated heterocycles. The average Bonchev–Trinajstić information content (AvgIpc) is 1.62. The highest BCUT2D eigenvalue weighted by Crippen LogP contribution is 2.66. The predicted octanol–water partition coefficient (Wildman–Crippen LogP) is 33.1. The van der Waals surface area contributed by atoms with Gasteiger partial charge in [0.15, 0.2) is 0 Å².